The molecule has 0 radical (unpaired) electrons. The molecule has 1 heterocycles. The summed E-state index contributed by atoms with van der Waals surface area (Å²) in [6, 6.07) is 14.5. The maximum Gasteiger partial charge on any atom is 0.254 e. The van der Waals surface area contributed by atoms with Crippen LogP contribution in [-0.4, -0.2) is 39.6 Å². The Bertz CT molecular complexity index is 1150. The van der Waals surface area contributed by atoms with Gasteiger partial charge in [-0.1, -0.05) is 57.5 Å². The maximum atomic E-state index is 13.6. The highest BCUT2D eigenvalue weighted by molar-refractivity contribution is 6.32. The van der Waals surface area contributed by atoms with Crippen LogP contribution in [0.5, 0.6) is 0 Å². The third-order valence-corrected chi connectivity index (χ3v) is 5.33. The zero-order valence-electron chi connectivity index (χ0n) is 19.2. The summed E-state index contributed by atoms with van der Waals surface area (Å²) in [4.78, 5) is 27.3. The number of rotatable bonds is 7. The lowest BCUT2D eigenvalue weighted by molar-refractivity contribution is -0.116. The van der Waals surface area contributed by atoms with Crippen LogP contribution >= 0.6 is 11.6 Å². The Labute approximate surface area is 198 Å². The second kappa shape index (κ2) is 10.2. The van der Waals surface area contributed by atoms with Crippen LogP contribution < -0.4 is 5.32 Å². The molecule has 2 aromatic carbocycles. The van der Waals surface area contributed by atoms with Crippen molar-refractivity contribution in [2.45, 2.75) is 39.5 Å². The van der Waals surface area contributed by atoms with Gasteiger partial charge in [-0.05, 0) is 36.8 Å². The first-order valence-corrected chi connectivity index (χ1v) is 11.2. The van der Waals surface area contributed by atoms with Crippen molar-refractivity contribution in [2.75, 3.05) is 18.4 Å². The molecular weight excluding hydrogens is 443 g/mol. The van der Waals surface area contributed by atoms with Gasteiger partial charge in [0.05, 0.1) is 16.4 Å². The van der Waals surface area contributed by atoms with Gasteiger partial charge in [0.15, 0.2) is 0 Å². The number of benzene rings is 2. The van der Waals surface area contributed by atoms with Gasteiger partial charge in [-0.25, -0.2) is 9.07 Å². The van der Waals surface area contributed by atoms with Crippen LogP contribution in [0, 0.1) is 5.82 Å². The molecule has 0 fully saturated rings. The second-order valence-electron chi connectivity index (χ2n) is 8.81. The van der Waals surface area contributed by atoms with Crippen LogP contribution in [0.25, 0.3) is 5.69 Å². The molecule has 3 aromatic rings. The number of nitrogens with zero attached hydrogens (tertiary/aromatic N) is 3. The number of nitrogens with one attached hydrogen (secondary N) is 1. The fraction of sp³-hybridized carbons (Fsp3) is 0.320. The van der Waals surface area contributed by atoms with Crippen molar-refractivity contribution in [3.05, 3.63) is 76.7 Å². The van der Waals surface area contributed by atoms with Crippen LogP contribution in [0.1, 0.15) is 50.2 Å². The smallest absolute Gasteiger partial charge is 0.254 e. The molecule has 1 aromatic heterocycles. The number of aromatic nitrogens is 2. The Kier molecular flexibility index (Phi) is 7.53. The topological polar surface area (TPSA) is 67.2 Å². The lowest BCUT2D eigenvalue weighted by Crippen LogP contribution is -2.38. The minimum Gasteiger partial charge on any atom is -0.329 e. The summed E-state index contributed by atoms with van der Waals surface area (Å²) in [6.45, 7) is 8.17. The van der Waals surface area contributed by atoms with Crippen molar-refractivity contribution in [1.82, 2.24) is 14.7 Å². The second-order valence-corrected chi connectivity index (χ2v) is 9.22. The molecule has 0 aliphatic rings. The molecule has 0 aliphatic carbocycles. The standard InChI is InChI=1S/C25H28ClFN4O2/c1-5-13-30(24(33)17-9-8-10-18(27)14-17)16-23(32)28-22-15-21(25(2,3)4)29-31(22)20-12-7-6-11-19(20)26/h6-12,14-15H,5,13,16H2,1-4H3,(H,28,32). The molecule has 0 atom stereocenters. The first-order chi connectivity index (χ1) is 15.6. The van der Waals surface area contributed by atoms with E-state index in [-0.39, 0.29) is 23.4 Å². The van der Waals surface area contributed by atoms with E-state index in [0.717, 1.165) is 5.69 Å². The van der Waals surface area contributed by atoms with Gasteiger partial charge in [0.2, 0.25) is 5.91 Å². The van der Waals surface area contributed by atoms with Crippen molar-refractivity contribution in [2.24, 2.45) is 0 Å². The predicted molar refractivity (Wildman–Crippen MR) is 128 cm³/mol. The quantitative estimate of drug-likeness (QED) is 0.499. The highest BCUT2D eigenvalue weighted by Gasteiger charge is 2.24. The van der Waals surface area contributed by atoms with E-state index >= 15 is 0 Å². The minimum atomic E-state index is -0.500. The van der Waals surface area contributed by atoms with Crippen molar-refractivity contribution in [3.63, 3.8) is 0 Å². The van der Waals surface area contributed by atoms with Gasteiger partial charge >= 0.3 is 0 Å². The van der Waals surface area contributed by atoms with Gasteiger partial charge in [0, 0.05) is 23.6 Å². The SMILES string of the molecule is CCCN(CC(=O)Nc1cc(C(C)(C)C)nn1-c1ccccc1Cl)C(=O)c1cccc(F)c1. The van der Waals surface area contributed by atoms with Gasteiger partial charge in [-0.15, -0.1) is 0 Å². The molecule has 1 N–H and O–H groups in total. The number of carbonyl (C=O) groups is 2. The molecule has 174 valence electrons. The fourth-order valence-electron chi connectivity index (χ4n) is 3.33. The van der Waals surface area contributed by atoms with Crippen molar-refractivity contribution in [1.29, 1.82) is 0 Å². The maximum absolute atomic E-state index is 13.6. The molecule has 0 saturated carbocycles. The Hall–Kier alpha value is -3.19. The van der Waals surface area contributed by atoms with E-state index in [2.05, 4.69) is 10.4 Å². The van der Waals surface area contributed by atoms with Crippen molar-refractivity contribution < 1.29 is 14.0 Å². The van der Waals surface area contributed by atoms with Gasteiger partial charge in [0.1, 0.15) is 18.2 Å². The van der Waals surface area contributed by atoms with Gasteiger partial charge in [0.25, 0.3) is 5.91 Å². The van der Waals surface area contributed by atoms with Crippen LogP contribution in [0.4, 0.5) is 10.2 Å². The van der Waals surface area contributed by atoms with E-state index in [9.17, 15) is 14.0 Å². The normalized spacial score (nSPS) is 11.3. The van der Waals surface area contributed by atoms with Crippen LogP contribution in [0.2, 0.25) is 5.02 Å². The number of para-hydroxylation sites is 1. The molecule has 0 bridgehead atoms. The Morgan fingerprint density at radius 2 is 1.85 bits per heavy atom. The Morgan fingerprint density at radius 1 is 1.12 bits per heavy atom. The van der Waals surface area contributed by atoms with Crippen LogP contribution in [0.3, 0.4) is 0 Å². The van der Waals surface area contributed by atoms with Gasteiger partial charge in [-0.3, -0.25) is 9.59 Å². The summed E-state index contributed by atoms with van der Waals surface area (Å²) < 4.78 is 15.2. The van der Waals surface area contributed by atoms with E-state index < -0.39 is 11.7 Å². The minimum absolute atomic E-state index is 0.179. The number of halogens is 2. The van der Waals surface area contributed by atoms with E-state index in [1.165, 1.54) is 29.2 Å². The molecule has 2 amide bonds. The van der Waals surface area contributed by atoms with Crippen molar-refractivity contribution >= 4 is 29.2 Å². The zero-order chi connectivity index (χ0) is 24.2. The molecule has 0 unspecified atom stereocenters. The average molecular weight is 471 g/mol. The van der Waals surface area contributed by atoms with E-state index in [0.29, 0.717) is 29.5 Å². The molecule has 0 saturated heterocycles. The summed E-state index contributed by atoms with van der Waals surface area (Å²) in [5.74, 6) is -0.837. The molecule has 0 aliphatic heterocycles. The number of carbonyl (C=O) groups excluding carboxylic acids is 2. The summed E-state index contributed by atoms with van der Waals surface area (Å²) >= 11 is 6.38. The number of hydrogen-bond donors (Lipinski definition) is 1. The summed E-state index contributed by atoms with van der Waals surface area (Å²) in [7, 11) is 0. The molecule has 0 spiro atoms. The molecule has 33 heavy (non-hydrogen) atoms. The summed E-state index contributed by atoms with van der Waals surface area (Å²) in [5.41, 5.74) is 1.35. The van der Waals surface area contributed by atoms with E-state index in [1.54, 1.807) is 16.8 Å². The zero-order valence-corrected chi connectivity index (χ0v) is 20.0. The fourth-order valence-corrected chi connectivity index (χ4v) is 3.54. The summed E-state index contributed by atoms with van der Waals surface area (Å²) in [6.07, 6.45) is 0.653. The average Bonchev–Trinajstić information content (AvgIpc) is 3.17. The first-order valence-electron chi connectivity index (χ1n) is 10.8. The summed E-state index contributed by atoms with van der Waals surface area (Å²) in [5, 5.41) is 8.03. The monoisotopic (exact) mass is 470 g/mol. The lowest BCUT2D eigenvalue weighted by Gasteiger charge is -2.22. The van der Waals surface area contributed by atoms with Crippen LogP contribution in [-0.2, 0) is 10.2 Å². The molecule has 3 rings (SSSR count). The number of hydrogen-bond acceptors (Lipinski definition) is 3. The third kappa shape index (κ3) is 5.99. The Balaban J connectivity index is 1.87. The van der Waals surface area contributed by atoms with Crippen LogP contribution in [0.15, 0.2) is 54.6 Å². The van der Waals surface area contributed by atoms with Gasteiger partial charge in [-0.2, -0.15) is 5.10 Å². The van der Waals surface area contributed by atoms with E-state index in [1.807, 2.05) is 45.9 Å². The molecule has 8 heteroatoms. The molecule has 6 nitrogen and oxygen atoms in total. The highest BCUT2D eigenvalue weighted by atomic mass is 35.5. The third-order valence-electron chi connectivity index (χ3n) is 5.01. The lowest BCUT2D eigenvalue weighted by atomic mass is 9.92. The predicted octanol–water partition coefficient (Wildman–Crippen LogP) is 5.45. The van der Waals surface area contributed by atoms with E-state index in [4.69, 9.17) is 11.6 Å². The number of anilines is 1. The van der Waals surface area contributed by atoms with Crippen molar-refractivity contribution in [3.8, 4) is 5.69 Å². The first kappa shape index (κ1) is 24.5. The largest absolute Gasteiger partial charge is 0.329 e. The van der Waals surface area contributed by atoms with Gasteiger partial charge < -0.3 is 10.2 Å². The highest BCUT2D eigenvalue weighted by Crippen LogP contribution is 2.29. The Morgan fingerprint density at radius 3 is 2.48 bits per heavy atom. The molecular formula is C25H28ClFN4O2. The number of amides is 2.